The van der Waals surface area contributed by atoms with Gasteiger partial charge in [0.2, 0.25) is 0 Å². The number of nitrogens with zero attached hydrogens (tertiary/aromatic N) is 1. The van der Waals surface area contributed by atoms with Crippen LogP contribution in [0.1, 0.15) is 24.7 Å². The molecule has 1 aliphatic rings. The molecule has 6 nitrogen and oxygen atoms in total. The molecule has 1 aromatic heterocycles. The highest BCUT2D eigenvalue weighted by Crippen LogP contribution is 2.08. The molecule has 2 aromatic rings. The second-order valence-electron chi connectivity index (χ2n) is 6.77. The minimum atomic E-state index is 0. The summed E-state index contributed by atoms with van der Waals surface area (Å²) in [6, 6.07) is 14.3. The highest BCUT2D eigenvalue weighted by Gasteiger charge is 2.17. The first-order chi connectivity index (χ1) is 13.3. The van der Waals surface area contributed by atoms with E-state index in [-0.39, 0.29) is 36.1 Å². The molecule has 2 atom stereocenters. The van der Waals surface area contributed by atoms with Gasteiger partial charge < -0.3 is 24.5 Å². The summed E-state index contributed by atoms with van der Waals surface area (Å²) in [4.78, 5) is 4.72. The van der Waals surface area contributed by atoms with Gasteiger partial charge in [0.05, 0.1) is 32.1 Å². The minimum absolute atomic E-state index is 0. The predicted molar refractivity (Wildman–Crippen MR) is 121 cm³/mol. The van der Waals surface area contributed by atoms with Crippen LogP contribution in [0.5, 0.6) is 0 Å². The maximum absolute atomic E-state index is 5.91. The molecule has 1 aromatic carbocycles. The number of ether oxygens (including phenoxy) is 2. The molecule has 0 aliphatic carbocycles. The molecule has 1 aliphatic heterocycles. The molecule has 0 spiro atoms. The maximum Gasteiger partial charge on any atom is 0.191 e. The van der Waals surface area contributed by atoms with Gasteiger partial charge in [-0.05, 0) is 31.0 Å². The van der Waals surface area contributed by atoms with Crippen LogP contribution in [-0.4, -0.2) is 44.5 Å². The zero-order chi connectivity index (χ0) is 18.7. The third-order valence-electron chi connectivity index (χ3n) is 4.36. The third-order valence-corrected chi connectivity index (χ3v) is 4.36. The summed E-state index contributed by atoms with van der Waals surface area (Å²) < 4.78 is 16.7. The van der Waals surface area contributed by atoms with Crippen molar-refractivity contribution in [3.63, 3.8) is 0 Å². The lowest BCUT2D eigenvalue weighted by Crippen LogP contribution is -2.45. The standard InChI is InChI=1S/C21H29N3O3.HI/c1-17(15-27-20-10-13-25-16-20)24-21(22-11-9-19-8-5-12-26-19)23-14-18-6-3-2-4-7-18;/h2-8,12,17,20H,9-11,13-16H2,1H3,(H2,22,23,24);1H. The van der Waals surface area contributed by atoms with Gasteiger partial charge in [0.25, 0.3) is 0 Å². The normalized spacial score (nSPS) is 17.8. The van der Waals surface area contributed by atoms with Gasteiger partial charge in [0, 0.05) is 25.6 Å². The van der Waals surface area contributed by atoms with Crippen LogP contribution in [0.4, 0.5) is 0 Å². The van der Waals surface area contributed by atoms with Gasteiger partial charge in [-0.25, -0.2) is 4.99 Å². The fourth-order valence-corrected chi connectivity index (χ4v) is 2.87. The smallest absolute Gasteiger partial charge is 0.191 e. The highest BCUT2D eigenvalue weighted by atomic mass is 127. The highest BCUT2D eigenvalue weighted by molar-refractivity contribution is 14.0. The number of halogens is 1. The first kappa shape index (κ1) is 22.7. The van der Waals surface area contributed by atoms with Crippen molar-refractivity contribution in [1.29, 1.82) is 0 Å². The van der Waals surface area contributed by atoms with E-state index in [1.54, 1.807) is 6.26 Å². The molecule has 1 fully saturated rings. The van der Waals surface area contributed by atoms with Gasteiger partial charge in [-0.2, -0.15) is 0 Å². The van der Waals surface area contributed by atoms with E-state index in [0.717, 1.165) is 37.7 Å². The molecule has 2 heterocycles. The summed E-state index contributed by atoms with van der Waals surface area (Å²) in [6.45, 7) is 5.59. The number of benzene rings is 1. The van der Waals surface area contributed by atoms with Gasteiger partial charge in [-0.3, -0.25) is 0 Å². The Balaban J connectivity index is 0.00000280. The van der Waals surface area contributed by atoms with Crippen molar-refractivity contribution in [1.82, 2.24) is 10.6 Å². The fourth-order valence-electron chi connectivity index (χ4n) is 2.87. The van der Waals surface area contributed by atoms with Crippen LogP contribution in [0.3, 0.4) is 0 Å². The molecule has 0 amide bonds. The number of aliphatic imine (C=N–C) groups is 1. The Kier molecular flexibility index (Phi) is 10.4. The maximum atomic E-state index is 5.91. The Bertz CT molecular complexity index is 673. The Morgan fingerprint density at radius 3 is 2.82 bits per heavy atom. The van der Waals surface area contributed by atoms with Crippen LogP contribution < -0.4 is 10.6 Å². The Morgan fingerprint density at radius 1 is 1.25 bits per heavy atom. The monoisotopic (exact) mass is 499 g/mol. The molecule has 1 saturated heterocycles. The lowest BCUT2D eigenvalue weighted by Gasteiger charge is -2.20. The van der Waals surface area contributed by atoms with Crippen LogP contribution in [0, 0.1) is 0 Å². The molecule has 0 radical (unpaired) electrons. The second-order valence-corrected chi connectivity index (χ2v) is 6.77. The SMILES string of the molecule is CC(COC1CCOC1)NC(=NCc1ccccc1)NCCc1ccco1.I. The average Bonchev–Trinajstić information content (AvgIpc) is 3.39. The van der Waals surface area contributed by atoms with Gasteiger partial charge in [0.15, 0.2) is 5.96 Å². The summed E-state index contributed by atoms with van der Waals surface area (Å²) in [7, 11) is 0. The van der Waals surface area contributed by atoms with E-state index in [1.807, 2.05) is 30.3 Å². The van der Waals surface area contributed by atoms with Crippen LogP contribution in [0.25, 0.3) is 0 Å². The summed E-state index contributed by atoms with van der Waals surface area (Å²) in [6.07, 6.45) is 3.70. The number of nitrogens with one attached hydrogen (secondary N) is 2. The zero-order valence-corrected chi connectivity index (χ0v) is 18.6. The van der Waals surface area contributed by atoms with E-state index in [0.29, 0.717) is 19.8 Å². The number of guanidine groups is 1. The first-order valence-electron chi connectivity index (χ1n) is 9.60. The number of hydrogen-bond acceptors (Lipinski definition) is 4. The van der Waals surface area contributed by atoms with Gasteiger partial charge >= 0.3 is 0 Å². The average molecular weight is 499 g/mol. The van der Waals surface area contributed by atoms with E-state index in [9.17, 15) is 0 Å². The largest absolute Gasteiger partial charge is 0.469 e. The van der Waals surface area contributed by atoms with Crippen molar-refractivity contribution in [2.24, 2.45) is 4.99 Å². The van der Waals surface area contributed by atoms with Crippen molar-refractivity contribution in [3.8, 4) is 0 Å². The van der Waals surface area contributed by atoms with Gasteiger partial charge in [-0.15, -0.1) is 24.0 Å². The van der Waals surface area contributed by atoms with E-state index < -0.39 is 0 Å². The summed E-state index contributed by atoms with van der Waals surface area (Å²) in [5.41, 5.74) is 1.18. The van der Waals surface area contributed by atoms with Crippen molar-refractivity contribution >= 4 is 29.9 Å². The summed E-state index contributed by atoms with van der Waals surface area (Å²) >= 11 is 0. The van der Waals surface area contributed by atoms with Crippen molar-refractivity contribution in [3.05, 3.63) is 60.1 Å². The number of furan rings is 1. The Morgan fingerprint density at radius 2 is 2.11 bits per heavy atom. The van der Waals surface area contributed by atoms with Crippen LogP contribution in [0.15, 0.2) is 58.1 Å². The van der Waals surface area contributed by atoms with E-state index in [1.165, 1.54) is 5.56 Å². The fraction of sp³-hybridized carbons (Fsp3) is 0.476. The lowest BCUT2D eigenvalue weighted by atomic mass is 10.2. The topological polar surface area (TPSA) is 68.0 Å². The van der Waals surface area contributed by atoms with E-state index >= 15 is 0 Å². The number of rotatable bonds is 9. The van der Waals surface area contributed by atoms with Crippen LogP contribution >= 0.6 is 24.0 Å². The van der Waals surface area contributed by atoms with Crippen LogP contribution in [-0.2, 0) is 22.4 Å². The van der Waals surface area contributed by atoms with E-state index in [2.05, 4.69) is 29.7 Å². The lowest BCUT2D eigenvalue weighted by molar-refractivity contribution is 0.0347. The second kappa shape index (κ2) is 12.8. The Labute approximate surface area is 184 Å². The van der Waals surface area contributed by atoms with E-state index in [4.69, 9.17) is 18.9 Å². The molecule has 2 unspecified atom stereocenters. The molecule has 0 bridgehead atoms. The molecule has 28 heavy (non-hydrogen) atoms. The van der Waals surface area contributed by atoms with Crippen molar-refractivity contribution < 1.29 is 13.9 Å². The number of hydrogen-bond donors (Lipinski definition) is 2. The molecule has 2 N–H and O–H groups in total. The van der Waals surface area contributed by atoms with Crippen LogP contribution in [0.2, 0.25) is 0 Å². The Hall–Kier alpha value is -1.58. The van der Waals surface area contributed by atoms with Gasteiger partial charge in [0.1, 0.15) is 5.76 Å². The first-order valence-corrected chi connectivity index (χ1v) is 9.60. The molecule has 0 saturated carbocycles. The molecule has 3 rings (SSSR count). The predicted octanol–water partition coefficient (Wildman–Crippen LogP) is 3.37. The van der Waals surface area contributed by atoms with Crippen molar-refractivity contribution in [2.75, 3.05) is 26.4 Å². The molecular weight excluding hydrogens is 469 g/mol. The zero-order valence-electron chi connectivity index (χ0n) is 16.3. The molecule has 7 heteroatoms. The third kappa shape index (κ3) is 8.20. The minimum Gasteiger partial charge on any atom is -0.469 e. The molecular formula is C21H30IN3O3. The summed E-state index contributed by atoms with van der Waals surface area (Å²) in [5.74, 6) is 1.74. The molecule has 154 valence electrons. The van der Waals surface area contributed by atoms with Crippen molar-refractivity contribution in [2.45, 2.75) is 38.5 Å². The quantitative estimate of drug-likeness (QED) is 0.315. The van der Waals surface area contributed by atoms with Gasteiger partial charge in [-0.1, -0.05) is 30.3 Å². The summed E-state index contributed by atoms with van der Waals surface area (Å²) in [5, 5.41) is 6.82.